The first-order valence-corrected chi connectivity index (χ1v) is 11.3. The Kier molecular flexibility index (Phi) is 5.82. The van der Waals surface area contributed by atoms with Crippen LogP contribution < -0.4 is 10.1 Å². The monoisotopic (exact) mass is 428 g/mol. The Morgan fingerprint density at radius 1 is 1.03 bits per heavy atom. The van der Waals surface area contributed by atoms with Gasteiger partial charge in [0, 0.05) is 31.2 Å². The van der Waals surface area contributed by atoms with Crippen LogP contribution in [0.4, 0.5) is 5.69 Å². The molecule has 0 spiro atoms. The maximum absolute atomic E-state index is 12.2. The number of hydrogen-bond acceptors (Lipinski definition) is 4. The molecule has 2 atom stereocenters. The number of nitrogens with one attached hydrogen (secondary N) is 1. The number of anilines is 1. The second kappa shape index (κ2) is 9.05. The molecule has 0 fully saturated rings. The summed E-state index contributed by atoms with van der Waals surface area (Å²) in [6.07, 6.45) is 1.76. The van der Waals surface area contributed by atoms with E-state index in [0.717, 1.165) is 48.4 Å². The molecule has 164 valence electrons. The van der Waals surface area contributed by atoms with Gasteiger partial charge in [-0.1, -0.05) is 54.6 Å². The predicted octanol–water partition coefficient (Wildman–Crippen LogP) is 4.85. The molecule has 5 heteroatoms. The Hall–Kier alpha value is -3.31. The Balaban J connectivity index is 1.28. The quantitative estimate of drug-likeness (QED) is 0.563. The zero-order valence-corrected chi connectivity index (χ0v) is 18.0. The van der Waals surface area contributed by atoms with Crippen molar-refractivity contribution in [3.8, 4) is 5.75 Å². The molecule has 2 aliphatic heterocycles. The molecule has 5 rings (SSSR count). The smallest absolute Gasteiger partial charge is 0.325 e. The molecular formula is C27H28N2O3. The fraction of sp³-hybridized carbons (Fsp3) is 0.296. The average molecular weight is 429 g/mol. The number of aliphatic carboxylic acids is 1. The molecule has 2 unspecified atom stereocenters. The van der Waals surface area contributed by atoms with Crippen LogP contribution in [0.25, 0.3) is 0 Å². The molecule has 2 heterocycles. The van der Waals surface area contributed by atoms with Crippen LogP contribution >= 0.6 is 0 Å². The molecule has 0 aromatic heterocycles. The summed E-state index contributed by atoms with van der Waals surface area (Å²) in [7, 11) is 0. The lowest BCUT2D eigenvalue weighted by Gasteiger charge is -2.35. The molecule has 2 aliphatic rings. The van der Waals surface area contributed by atoms with Crippen molar-refractivity contribution in [2.24, 2.45) is 0 Å². The van der Waals surface area contributed by atoms with E-state index in [1.54, 1.807) is 0 Å². The zero-order valence-electron chi connectivity index (χ0n) is 18.0. The molecular weight excluding hydrogens is 400 g/mol. The van der Waals surface area contributed by atoms with E-state index in [1.165, 1.54) is 11.3 Å². The third-order valence-corrected chi connectivity index (χ3v) is 6.58. The summed E-state index contributed by atoms with van der Waals surface area (Å²) in [6, 6.07) is 23.8. The van der Waals surface area contributed by atoms with Gasteiger partial charge >= 0.3 is 5.97 Å². The number of carboxylic acids is 1. The zero-order chi connectivity index (χ0) is 21.9. The van der Waals surface area contributed by atoms with Crippen molar-refractivity contribution in [3.05, 3.63) is 95.1 Å². The SMILES string of the molecule is O=C(O)C1c2cc(OCCC3CNc4ccccc43)ccc2CCN1Cc1ccccc1. The molecule has 2 N–H and O–H groups in total. The van der Waals surface area contributed by atoms with E-state index in [1.807, 2.05) is 53.4 Å². The first-order valence-electron chi connectivity index (χ1n) is 11.3. The van der Waals surface area contributed by atoms with Crippen molar-refractivity contribution in [2.45, 2.75) is 31.3 Å². The normalized spacial score (nSPS) is 19.6. The number of rotatable bonds is 7. The van der Waals surface area contributed by atoms with Crippen LogP contribution in [0.1, 0.15) is 40.6 Å². The lowest BCUT2D eigenvalue weighted by atomic mass is 9.91. The van der Waals surface area contributed by atoms with E-state index in [0.29, 0.717) is 19.1 Å². The molecule has 3 aromatic carbocycles. The first kappa shape index (κ1) is 20.6. The van der Waals surface area contributed by atoms with Crippen molar-refractivity contribution in [1.82, 2.24) is 4.90 Å². The van der Waals surface area contributed by atoms with Crippen molar-refractivity contribution < 1.29 is 14.6 Å². The van der Waals surface area contributed by atoms with Gasteiger partial charge in [0.05, 0.1) is 6.61 Å². The number of hydrogen-bond donors (Lipinski definition) is 2. The van der Waals surface area contributed by atoms with Crippen LogP contribution in [-0.2, 0) is 17.8 Å². The van der Waals surface area contributed by atoms with Crippen molar-refractivity contribution >= 4 is 11.7 Å². The summed E-state index contributed by atoms with van der Waals surface area (Å²) < 4.78 is 6.09. The highest BCUT2D eigenvalue weighted by molar-refractivity contribution is 5.77. The molecule has 5 nitrogen and oxygen atoms in total. The maximum atomic E-state index is 12.2. The van der Waals surface area contributed by atoms with Crippen molar-refractivity contribution in [1.29, 1.82) is 0 Å². The maximum Gasteiger partial charge on any atom is 0.325 e. The summed E-state index contributed by atoms with van der Waals surface area (Å²) in [5, 5.41) is 13.5. The molecule has 0 saturated heterocycles. The van der Waals surface area contributed by atoms with E-state index in [2.05, 4.69) is 29.6 Å². The first-order chi connectivity index (χ1) is 15.7. The van der Waals surface area contributed by atoms with Gasteiger partial charge in [0.25, 0.3) is 0 Å². The molecule has 0 aliphatic carbocycles. The van der Waals surface area contributed by atoms with Gasteiger partial charge in [-0.2, -0.15) is 0 Å². The number of benzene rings is 3. The molecule has 0 bridgehead atoms. The third-order valence-electron chi connectivity index (χ3n) is 6.58. The third kappa shape index (κ3) is 4.21. The fourth-order valence-corrected chi connectivity index (χ4v) is 4.95. The van der Waals surface area contributed by atoms with Gasteiger partial charge in [0.1, 0.15) is 11.8 Å². The van der Waals surface area contributed by atoms with Crippen LogP contribution in [0.2, 0.25) is 0 Å². The van der Waals surface area contributed by atoms with E-state index in [9.17, 15) is 9.90 Å². The van der Waals surface area contributed by atoms with E-state index < -0.39 is 12.0 Å². The molecule has 0 amide bonds. The second-order valence-corrected chi connectivity index (χ2v) is 8.61. The molecule has 32 heavy (non-hydrogen) atoms. The minimum Gasteiger partial charge on any atom is -0.494 e. The molecule has 3 aromatic rings. The topological polar surface area (TPSA) is 61.8 Å². The predicted molar refractivity (Wildman–Crippen MR) is 125 cm³/mol. The van der Waals surface area contributed by atoms with E-state index >= 15 is 0 Å². The lowest BCUT2D eigenvalue weighted by Crippen LogP contribution is -2.39. The number of nitrogens with zero attached hydrogens (tertiary/aromatic N) is 1. The highest BCUT2D eigenvalue weighted by Gasteiger charge is 2.33. The van der Waals surface area contributed by atoms with Gasteiger partial charge in [-0.3, -0.25) is 9.69 Å². The lowest BCUT2D eigenvalue weighted by molar-refractivity contribution is -0.144. The highest BCUT2D eigenvalue weighted by Crippen LogP contribution is 2.35. The number of fused-ring (bicyclic) bond motifs is 2. The van der Waals surface area contributed by atoms with Gasteiger partial charge in [0.2, 0.25) is 0 Å². The number of carboxylic acid groups (broad SMARTS) is 1. The van der Waals surface area contributed by atoms with Gasteiger partial charge in [-0.05, 0) is 53.3 Å². The Morgan fingerprint density at radius 2 is 1.84 bits per heavy atom. The van der Waals surface area contributed by atoms with Crippen LogP contribution in [-0.4, -0.2) is 35.7 Å². The van der Waals surface area contributed by atoms with Gasteiger partial charge < -0.3 is 15.2 Å². The minimum atomic E-state index is -0.812. The summed E-state index contributed by atoms with van der Waals surface area (Å²) in [6.45, 7) is 2.89. The second-order valence-electron chi connectivity index (χ2n) is 8.61. The standard InChI is InChI=1S/C27H28N2O3/c30-27(31)26-24-16-22(32-15-13-21-17-28-25-9-5-4-8-23(21)25)11-10-20(24)12-14-29(26)18-19-6-2-1-3-7-19/h1-11,16,21,26,28H,12-15,17-18H2,(H,30,31). The Morgan fingerprint density at radius 3 is 2.69 bits per heavy atom. The van der Waals surface area contributed by atoms with Crippen molar-refractivity contribution in [3.63, 3.8) is 0 Å². The summed E-state index contributed by atoms with van der Waals surface area (Å²) in [4.78, 5) is 14.3. The van der Waals surface area contributed by atoms with Crippen molar-refractivity contribution in [2.75, 3.05) is 25.0 Å². The number of carbonyl (C=O) groups is 1. The Labute approximate surface area is 188 Å². The van der Waals surface area contributed by atoms with Crippen LogP contribution in [0.5, 0.6) is 5.75 Å². The van der Waals surface area contributed by atoms with Gasteiger partial charge in [0.15, 0.2) is 0 Å². The molecule has 0 radical (unpaired) electrons. The molecule has 0 saturated carbocycles. The van der Waals surface area contributed by atoms with E-state index in [4.69, 9.17) is 4.74 Å². The largest absolute Gasteiger partial charge is 0.494 e. The Bertz CT molecular complexity index is 1100. The average Bonchev–Trinajstić information content (AvgIpc) is 3.22. The summed E-state index contributed by atoms with van der Waals surface area (Å²) in [5.41, 5.74) is 5.64. The fourth-order valence-electron chi connectivity index (χ4n) is 4.95. The minimum absolute atomic E-state index is 0.442. The van der Waals surface area contributed by atoms with Gasteiger partial charge in [-0.15, -0.1) is 0 Å². The summed E-state index contributed by atoms with van der Waals surface area (Å²) >= 11 is 0. The van der Waals surface area contributed by atoms with Crippen LogP contribution in [0, 0.1) is 0 Å². The van der Waals surface area contributed by atoms with Gasteiger partial charge in [-0.25, -0.2) is 0 Å². The number of para-hydroxylation sites is 1. The van der Waals surface area contributed by atoms with E-state index in [-0.39, 0.29) is 0 Å². The van der Waals surface area contributed by atoms with Crippen LogP contribution in [0.15, 0.2) is 72.8 Å². The summed E-state index contributed by atoms with van der Waals surface area (Å²) in [5.74, 6) is 0.375. The number of ether oxygens (including phenoxy) is 1. The highest BCUT2D eigenvalue weighted by atomic mass is 16.5. The van der Waals surface area contributed by atoms with Crippen LogP contribution in [0.3, 0.4) is 0 Å².